The molecule has 0 saturated heterocycles. The van der Waals surface area contributed by atoms with Gasteiger partial charge in [0.2, 0.25) is 0 Å². The highest BCUT2D eigenvalue weighted by Gasteiger charge is 2.13. The molecule has 158 valence electrons. The van der Waals surface area contributed by atoms with Gasteiger partial charge < -0.3 is 9.88 Å². The van der Waals surface area contributed by atoms with E-state index in [4.69, 9.17) is 11.6 Å². The Hall–Kier alpha value is -3.45. The normalized spacial score (nSPS) is 11.1. The maximum Gasteiger partial charge on any atom is 0.276 e. The number of hydrogen-bond donors (Lipinski definition) is 1. The summed E-state index contributed by atoms with van der Waals surface area (Å²) in [6.07, 6.45) is 3.31. The number of hydrogen-bond acceptors (Lipinski definition) is 3. The van der Waals surface area contributed by atoms with Crippen LogP contribution in [0.4, 0.5) is 4.39 Å². The molecule has 1 N–H and O–H groups in total. The summed E-state index contributed by atoms with van der Waals surface area (Å²) in [5.41, 5.74) is 4.00. The van der Waals surface area contributed by atoms with Crippen LogP contribution in [0.1, 0.15) is 21.5 Å². The van der Waals surface area contributed by atoms with E-state index in [1.54, 1.807) is 23.0 Å². The van der Waals surface area contributed by atoms with Crippen LogP contribution in [0.3, 0.4) is 0 Å². The van der Waals surface area contributed by atoms with Gasteiger partial charge in [-0.15, -0.1) is 0 Å². The first-order chi connectivity index (χ1) is 14.8. The third kappa shape index (κ3) is 4.22. The molecule has 0 bridgehead atoms. The molecule has 0 aliphatic carbocycles. The first-order valence-electron chi connectivity index (χ1n) is 9.73. The van der Waals surface area contributed by atoms with E-state index < -0.39 is 11.7 Å². The van der Waals surface area contributed by atoms with E-state index in [1.807, 2.05) is 26.0 Å². The Morgan fingerprint density at radius 1 is 1.13 bits per heavy atom. The fraction of sp³-hybridized carbons (Fsp3) is 0.174. The molecule has 4 rings (SSSR count). The molecule has 31 heavy (non-hydrogen) atoms. The predicted octanol–water partition coefficient (Wildman–Crippen LogP) is 4.00. The quantitative estimate of drug-likeness (QED) is 0.512. The monoisotopic (exact) mass is 438 g/mol. The lowest BCUT2D eigenvalue weighted by molar-refractivity contribution is 0.0948. The van der Waals surface area contributed by atoms with Crippen molar-refractivity contribution in [2.45, 2.75) is 20.4 Å². The highest BCUT2D eigenvalue weighted by molar-refractivity contribution is 6.31. The Labute approximate surface area is 182 Å². The lowest BCUT2D eigenvalue weighted by atomic mass is 10.0. The first kappa shape index (κ1) is 20.8. The second kappa shape index (κ2) is 8.35. The SMILES string of the molecule is Cc1ccc(-c2cc3c(=O)n(CCNC(=O)c4cc(Cl)ccc4F)ccn3n2)c(C)c1. The molecule has 0 aliphatic heterocycles. The number of halogens is 2. The molecule has 0 spiro atoms. The van der Waals surface area contributed by atoms with Crippen molar-refractivity contribution in [1.29, 1.82) is 0 Å². The summed E-state index contributed by atoms with van der Waals surface area (Å²) in [5, 5.41) is 7.41. The predicted molar refractivity (Wildman–Crippen MR) is 118 cm³/mol. The lowest BCUT2D eigenvalue weighted by Gasteiger charge is -2.08. The molecule has 0 atom stereocenters. The fourth-order valence-corrected chi connectivity index (χ4v) is 3.66. The number of aryl methyl sites for hydroxylation is 2. The van der Waals surface area contributed by atoms with E-state index >= 15 is 0 Å². The van der Waals surface area contributed by atoms with Crippen LogP contribution in [0.15, 0.2) is 59.7 Å². The van der Waals surface area contributed by atoms with Crippen molar-refractivity contribution in [3.63, 3.8) is 0 Å². The molecule has 0 radical (unpaired) electrons. The molecule has 2 aromatic carbocycles. The van der Waals surface area contributed by atoms with Crippen molar-refractivity contribution >= 4 is 23.0 Å². The van der Waals surface area contributed by atoms with Crippen molar-refractivity contribution in [3.8, 4) is 11.3 Å². The van der Waals surface area contributed by atoms with Crippen LogP contribution in [0.2, 0.25) is 5.02 Å². The summed E-state index contributed by atoms with van der Waals surface area (Å²) >= 11 is 5.83. The van der Waals surface area contributed by atoms with E-state index in [0.717, 1.165) is 28.5 Å². The van der Waals surface area contributed by atoms with E-state index in [2.05, 4.69) is 16.5 Å². The van der Waals surface area contributed by atoms with Crippen molar-refractivity contribution in [1.82, 2.24) is 19.5 Å². The van der Waals surface area contributed by atoms with Crippen LogP contribution in [0.5, 0.6) is 0 Å². The standard InChI is InChI=1S/C23H20ClFN4O2/c1-14-3-5-17(15(2)11-14)20-13-21-23(31)28(9-10-29(21)27-20)8-7-26-22(30)18-12-16(24)4-6-19(18)25/h3-6,9-13H,7-8H2,1-2H3,(H,26,30). The van der Waals surface area contributed by atoms with Crippen molar-refractivity contribution in [2.75, 3.05) is 6.54 Å². The number of nitrogens with one attached hydrogen (secondary N) is 1. The van der Waals surface area contributed by atoms with E-state index in [0.29, 0.717) is 5.52 Å². The molecule has 0 aliphatic rings. The molecule has 1 amide bonds. The van der Waals surface area contributed by atoms with Gasteiger partial charge in [0.25, 0.3) is 11.5 Å². The Balaban J connectivity index is 1.52. The second-order valence-corrected chi connectivity index (χ2v) is 7.79. The van der Waals surface area contributed by atoms with Crippen LogP contribution >= 0.6 is 11.6 Å². The van der Waals surface area contributed by atoms with Gasteiger partial charge in [0.1, 0.15) is 11.3 Å². The van der Waals surface area contributed by atoms with Crippen molar-refractivity contribution < 1.29 is 9.18 Å². The molecule has 8 heteroatoms. The minimum Gasteiger partial charge on any atom is -0.350 e. The van der Waals surface area contributed by atoms with Gasteiger partial charge in [0, 0.05) is 36.1 Å². The van der Waals surface area contributed by atoms with Crippen LogP contribution < -0.4 is 10.9 Å². The Morgan fingerprint density at radius 3 is 2.71 bits per heavy atom. The van der Waals surface area contributed by atoms with E-state index in [9.17, 15) is 14.0 Å². The molecule has 4 aromatic rings. The summed E-state index contributed by atoms with van der Waals surface area (Å²) in [6, 6.07) is 11.6. The number of fused-ring (bicyclic) bond motifs is 1. The van der Waals surface area contributed by atoms with Crippen LogP contribution in [-0.2, 0) is 6.54 Å². The maximum atomic E-state index is 13.8. The first-order valence-corrected chi connectivity index (χ1v) is 10.1. The fourth-order valence-electron chi connectivity index (χ4n) is 3.49. The molecular weight excluding hydrogens is 419 g/mol. The zero-order chi connectivity index (χ0) is 22.1. The number of aromatic nitrogens is 3. The Kier molecular flexibility index (Phi) is 5.61. The minimum absolute atomic E-state index is 0.135. The summed E-state index contributed by atoms with van der Waals surface area (Å²) in [4.78, 5) is 25.1. The lowest BCUT2D eigenvalue weighted by Crippen LogP contribution is -2.31. The summed E-state index contributed by atoms with van der Waals surface area (Å²) in [7, 11) is 0. The van der Waals surface area contributed by atoms with Gasteiger partial charge in [-0.05, 0) is 43.7 Å². The molecule has 6 nitrogen and oxygen atoms in total. The van der Waals surface area contributed by atoms with Gasteiger partial charge >= 0.3 is 0 Å². The molecule has 2 aromatic heterocycles. The summed E-state index contributed by atoms with van der Waals surface area (Å²) < 4.78 is 16.8. The van der Waals surface area contributed by atoms with E-state index in [1.165, 1.54) is 16.7 Å². The van der Waals surface area contributed by atoms with Gasteiger partial charge in [-0.1, -0.05) is 35.4 Å². The van der Waals surface area contributed by atoms with Crippen LogP contribution in [0, 0.1) is 19.7 Å². The third-order valence-corrected chi connectivity index (χ3v) is 5.31. The van der Waals surface area contributed by atoms with Gasteiger partial charge in [-0.25, -0.2) is 8.91 Å². The smallest absolute Gasteiger partial charge is 0.276 e. The average molecular weight is 439 g/mol. The largest absolute Gasteiger partial charge is 0.350 e. The highest BCUT2D eigenvalue weighted by atomic mass is 35.5. The third-order valence-electron chi connectivity index (χ3n) is 5.07. The molecule has 2 heterocycles. The van der Waals surface area contributed by atoms with Gasteiger partial charge in [0.05, 0.1) is 11.3 Å². The van der Waals surface area contributed by atoms with Crippen LogP contribution in [-0.4, -0.2) is 26.6 Å². The van der Waals surface area contributed by atoms with Crippen LogP contribution in [0.25, 0.3) is 16.8 Å². The van der Waals surface area contributed by atoms with Crippen molar-refractivity contribution in [2.24, 2.45) is 0 Å². The zero-order valence-corrected chi connectivity index (χ0v) is 17.8. The second-order valence-electron chi connectivity index (χ2n) is 7.35. The van der Waals surface area contributed by atoms with Gasteiger partial charge in [-0.3, -0.25) is 9.59 Å². The van der Waals surface area contributed by atoms with Gasteiger partial charge in [0.15, 0.2) is 0 Å². The molecule has 0 fully saturated rings. The molecule has 0 unspecified atom stereocenters. The Bertz CT molecular complexity index is 1360. The number of carbonyl (C=O) groups is 1. The van der Waals surface area contributed by atoms with Gasteiger partial charge in [-0.2, -0.15) is 5.10 Å². The highest BCUT2D eigenvalue weighted by Crippen LogP contribution is 2.23. The number of nitrogens with zero attached hydrogens (tertiary/aromatic N) is 3. The Morgan fingerprint density at radius 2 is 1.94 bits per heavy atom. The molecule has 0 saturated carbocycles. The summed E-state index contributed by atoms with van der Waals surface area (Å²) in [6.45, 7) is 4.42. The average Bonchev–Trinajstić information content (AvgIpc) is 3.16. The topological polar surface area (TPSA) is 68.4 Å². The summed E-state index contributed by atoms with van der Waals surface area (Å²) in [5.74, 6) is -1.24. The number of rotatable bonds is 5. The van der Waals surface area contributed by atoms with Crippen molar-refractivity contribution in [3.05, 3.63) is 92.7 Å². The number of carbonyl (C=O) groups excluding carboxylic acids is 1. The maximum absolute atomic E-state index is 13.8. The number of amides is 1. The zero-order valence-electron chi connectivity index (χ0n) is 17.0. The number of benzene rings is 2. The molecular formula is C23H20ClFN4O2. The van der Waals surface area contributed by atoms with E-state index in [-0.39, 0.29) is 29.2 Å². The minimum atomic E-state index is -0.654.